The van der Waals surface area contributed by atoms with E-state index in [1.807, 2.05) is 0 Å². The van der Waals surface area contributed by atoms with Gasteiger partial charge in [-0.25, -0.2) is 0 Å². The van der Waals surface area contributed by atoms with Gasteiger partial charge in [0.15, 0.2) is 6.10 Å². The number of esters is 3. The summed E-state index contributed by atoms with van der Waals surface area (Å²) in [7, 11) is 0. The smallest absolute Gasteiger partial charge is 0.306 e. The van der Waals surface area contributed by atoms with Gasteiger partial charge in [-0.1, -0.05) is 281 Å². The van der Waals surface area contributed by atoms with Crippen LogP contribution in [0.4, 0.5) is 0 Å². The van der Waals surface area contributed by atoms with Gasteiger partial charge in [0.1, 0.15) is 13.2 Å². The van der Waals surface area contributed by atoms with Gasteiger partial charge in [-0.15, -0.1) is 0 Å². The second-order valence-corrected chi connectivity index (χ2v) is 21.6. The molecule has 0 aromatic heterocycles. The summed E-state index contributed by atoms with van der Waals surface area (Å²) in [4.78, 5) is 38.4. The van der Waals surface area contributed by atoms with Crippen LogP contribution in [0.2, 0.25) is 0 Å². The van der Waals surface area contributed by atoms with Crippen LogP contribution in [0.25, 0.3) is 0 Å². The molecule has 0 radical (unpaired) electrons. The van der Waals surface area contributed by atoms with Gasteiger partial charge in [0.25, 0.3) is 0 Å². The van der Waals surface area contributed by atoms with Crippen LogP contribution in [0.15, 0.2) is 170 Å². The van der Waals surface area contributed by atoms with Crippen molar-refractivity contribution in [1.29, 1.82) is 0 Å². The fourth-order valence-electron chi connectivity index (χ4n) is 8.78. The predicted molar refractivity (Wildman–Crippen MR) is 361 cm³/mol. The molecular weight excluding hydrogens is 1020 g/mol. The standard InChI is InChI=1S/C77H122O6/c1-4-7-10-13-16-19-22-25-28-30-32-33-34-35-36-37-38-39-40-41-42-43-45-46-49-52-55-58-61-64-67-70-76(79)82-73-74(72-81-75(78)69-66-63-60-57-54-51-48-27-24-21-18-15-12-9-6-3)83-77(80)71-68-65-62-59-56-53-50-47-44-31-29-26-23-20-17-14-11-8-5-2/h7-12,16-21,25-29,32-33,35-36,38-39,41-42,44,47-48,74H,4-6,13-15,22-24,30-31,34,37,40,43,45-46,49-73H2,1-3H3/b10-7-,11-8-,12-9-,19-16-,20-17-,21-18-,28-25-,29-26-,33-32-,36-35-,39-38-,42-41-,47-44-,48-27-. The summed E-state index contributed by atoms with van der Waals surface area (Å²) in [5, 5.41) is 0. The maximum Gasteiger partial charge on any atom is 0.306 e. The van der Waals surface area contributed by atoms with Crippen LogP contribution in [0.1, 0.15) is 278 Å². The number of hydrogen-bond donors (Lipinski definition) is 0. The zero-order valence-corrected chi connectivity index (χ0v) is 53.4. The Hall–Kier alpha value is -5.23. The molecular formula is C77H122O6. The molecule has 0 heterocycles. The summed E-state index contributed by atoms with van der Waals surface area (Å²) >= 11 is 0. The molecule has 0 aliphatic rings. The summed E-state index contributed by atoms with van der Waals surface area (Å²) in [5.41, 5.74) is 0. The first-order chi connectivity index (χ1) is 41.0. The van der Waals surface area contributed by atoms with E-state index in [1.54, 1.807) is 0 Å². The molecule has 83 heavy (non-hydrogen) atoms. The molecule has 0 aromatic carbocycles. The number of ether oxygens (including phenoxy) is 3. The average molecular weight is 1140 g/mol. The van der Waals surface area contributed by atoms with Crippen molar-refractivity contribution in [3.05, 3.63) is 170 Å². The molecule has 0 aliphatic carbocycles. The van der Waals surface area contributed by atoms with Crippen molar-refractivity contribution in [3.63, 3.8) is 0 Å². The lowest BCUT2D eigenvalue weighted by Crippen LogP contribution is -2.30. The van der Waals surface area contributed by atoms with Crippen LogP contribution in [0.5, 0.6) is 0 Å². The van der Waals surface area contributed by atoms with Gasteiger partial charge in [0.2, 0.25) is 0 Å². The number of unbranched alkanes of at least 4 members (excludes halogenated alkanes) is 20. The molecule has 0 fully saturated rings. The molecule has 6 heteroatoms. The SMILES string of the molecule is CC/C=C\C/C=C\C/C=C\C/C=C\C/C=C\C/C=C\C/C=C\CCCCCCCCCCCC(=O)OCC(COC(=O)CCCCCCC/C=C\C/C=C\C/C=C\CC)OC(=O)CCCCCCCC/C=C\C/C=C\C/C=C\C/C=C\CC. The van der Waals surface area contributed by atoms with Crippen LogP contribution >= 0.6 is 0 Å². The zero-order chi connectivity index (χ0) is 59.9. The van der Waals surface area contributed by atoms with Gasteiger partial charge in [0.05, 0.1) is 0 Å². The Labute approximate surface area is 511 Å². The lowest BCUT2D eigenvalue weighted by molar-refractivity contribution is -0.167. The Kier molecular flexibility index (Phi) is 64.9. The number of hydrogen-bond acceptors (Lipinski definition) is 6. The highest BCUT2D eigenvalue weighted by atomic mass is 16.6. The molecule has 0 aliphatic heterocycles. The fraction of sp³-hybridized carbons (Fsp3) is 0.597. The van der Waals surface area contributed by atoms with Gasteiger partial charge in [-0.2, -0.15) is 0 Å². The number of rotatable bonds is 59. The molecule has 0 bridgehead atoms. The molecule has 0 aromatic rings. The van der Waals surface area contributed by atoms with E-state index >= 15 is 0 Å². The Bertz CT molecular complexity index is 1890. The van der Waals surface area contributed by atoms with Crippen molar-refractivity contribution in [2.45, 2.75) is 284 Å². The van der Waals surface area contributed by atoms with Crippen LogP contribution in [0.3, 0.4) is 0 Å². The normalized spacial score (nSPS) is 13.2. The molecule has 6 nitrogen and oxygen atoms in total. The van der Waals surface area contributed by atoms with Crippen molar-refractivity contribution in [2.24, 2.45) is 0 Å². The molecule has 1 atom stereocenters. The summed E-state index contributed by atoms with van der Waals surface area (Å²) < 4.78 is 16.9. The lowest BCUT2D eigenvalue weighted by Gasteiger charge is -2.18. The molecule has 0 spiro atoms. The maximum atomic E-state index is 12.9. The molecule has 0 saturated heterocycles. The first-order valence-electron chi connectivity index (χ1n) is 33.6. The summed E-state index contributed by atoms with van der Waals surface area (Å²) in [6, 6.07) is 0. The first kappa shape index (κ1) is 77.8. The minimum absolute atomic E-state index is 0.0998. The molecule has 0 amide bonds. The summed E-state index contributed by atoms with van der Waals surface area (Å²) in [5.74, 6) is -0.938. The predicted octanol–water partition coefficient (Wildman–Crippen LogP) is 23.4. The highest BCUT2D eigenvalue weighted by molar-refractivity contribution is 5.71. The van der Waals surface area contributed by atoms with Gasteiger partial charge in [0, 0.05) is 19.3 Å². The fourth-order valence-corrected chi connectivity index (χ4v) is 8.78. The highest BCUT2D eigenvalue weighted by Gasteiger charge is 2.19. The quantitative estimate of drug-likeness (QED) is 0.0261. The minimum atomic E-state index is -0.806. The Balaban J connectivity index is 4.38. The van der Waals surface area contributed by atoms with Crippen molar-refractivity contribution < 1.29 is 28.6 Å². The zero-order valence-electron chi connectivity index (χ0n) is 53.4. The van der Waals surface area contributed by atoms with Gasteiger partial charge in [-0.3, -0.25) is 14.4 Å². The van der Waals surface area contributed by atoms with E-state index in [9.17, 15) is 14.4 Å². The Morgan fingerprint density at radius 3 is 0.675 bits per heavy atom. The number of allylic oxidation sites excluding steroid dienone is 28. The Morgan fingerprint density at radius 2 is 0.434 bits per heavy atom. The third-order valence-corrected chi connectivity index (χ3v) is 13.7. The topological polar surface area (TPSA) is 78.9 Å². The lowest BCUT2D eigenvalue weighted by atomic mass is 10.1. The second-order valence-electron chi connectivity index (χ2n) is 21.6. The third-order valence-electron chi connectivity index (χ3n) is 13.7. The number of carbonyl (C=O) groups is 3. The average Bonchev–Trinajstić information content (AvgIpc) is 3.49. The first-order valence-corrected chi connectivity index (χ1v) is 33.6. The van der Waals surface area contributed by atoms with Crippen molar-refractivity contribution >= 4 is 17.9 Å². The minimum Gasteiger partial charge on any atom is -0.462 e. The second kappa shape index (κ2) is 69.3. The van der Waals surface area contributed by atoms with E-state index in [0.717, 1.165) is 186 Å². The van der Waals surface area contributed by atoms with Gasteiger partial charge in [-0.05, 0) is 148 Å². The summed E-state index contributed by atoms with van der Waals surface area (Å²) in [6.07, 6.45) is 102. The largest absolute Gasteiger partial charge is 0.462 e. The van der Waals surface area contributed by atoms with E-state index in [4.69, 9.17) is 14.2 Å². The van der Waals surface area contributed by atoms with Gasteiger partial charge >= 0.3 is 17.9 Å². The molecule has 0 rings (SSSR count). The van der Waals surface area contributed by atoms with Crippen molar-refractivity contribution in [1.82, 2.24) is 0 Å². The number of carbonyl (C=O) groups excluding carboxylic acids is 3. The maximum absolute atomic E-state index is 12.9. The van der Waals surface area contributed by atoms with Crippen LogP contribution in [-0.2, 0) is 28.6 Å². The molecule has 0 N–H and O–H groups in total. The van der Waals surface area contributed by atoms with Crippen molar-refractivity contribution in [3.8, 4) is 0 Å². The monoisotopic (exact) mass is 1140 g/mol. The van der Waals surface area contributed by atoms with E-state index in [1.165, 1.54) is 51.4 Å². The van der Waals surface area contributed by atoms with Crippen LogP contribution in [-0.4, -0.2) is 37.2 Å². The van der Waals surface area contributed by atoms with Crippen LogP contribution < -0.4 is 0 Å². The third kappa shape index (κ3) is 67.4. The molecule has 466 valence electrons. The van der Waals surface area contributed by atoms with E-state index < -0.39 is 6.10 Å². The van der Waals surface area contributed by atoms with Gasteiger partial charge < -0.3 is 14.2 Å². The summed E-state index contributed by atoms with van der Waals surface area (Å²) in [6.45, 7) is 6.27. The van der Waals surface area contributed by atoms with E-state index in [-0.39, 0.29) is 31.1 Å². The molecule has 0 saturated carbocycles. The van der Waals surface area contributed by atoms with E-state index in [0.29, 0.717) is 19.3 Å². The highest BCUT2D eigenvalue weighted by Crippen LogP contribution is 2.15. The Morgan fingerprint density at radius 1 is 0.241 bits per heavy atom. The molecule has 1 unspecified atom stereocenters. The van der Waals surface area contributed by atoms with E-state index in [2.05, 4.69) is 191 Å². The van der Waals surface area contributed by atoms with Crippen molar-refractivity contribution in [2.75, 3.05) is 13.2 Å². The van der Waals surface area contributed by atoms with Crippen LogP contribution in [0, 0.1) is 0 Å².